The van der Waals surface area contributed by atoms with E-state index in [0.29, 0.717) is 22.9 Å². The van der Waals surface area contributed by atoms with Gasteiger partial charge in [-0.05, 0) is 62.1 Å². The molecule has 0 bridgehead atoms. The van der Waals surface area contributed by atoms with Crippen LogP contribution in [0.5, 0.6) is 0 Å². The van der Waals surface area contributed by atoms with Gasteiger partial charge in [-0.2, -0.15) is 5.10 Å². The number of pyridine rings is 1. The van der Waals surface area contributed by atoms with Crippen LogP contribution in [0.3, 0.4) is 0 Å². The van der Waals surface area contributed by atoms with Gasteiger partial charge in [0.05, 0.1) is 11.6 Å². The maximum Gasteiger partial charge on any atom is 0.339 e. The Morgan fingerprint density at radius 1 is 1.03 bits per heavy atom. The summed E-state index contributed by atoms with van der Waals surface area (Å²) in [5, 5.41) is 4.69. The predicted molar refractivity (Wildman–Crippen MR) is 109 cm³/mol. The SMILES string of the molecule is O=C1OC2(CCC(n3ccc4nc(-c5ccc(F)cc5)nc-4n3)CC2)c2cnccc21. The highest BCUT2D eigenvalue weighted by molar-refractivity contribution is 5.94. The smallest absolute Gasteiger partial charge is 0.339 e. The van der Waals surface area contributed by atoms with Crippen LogP contribution in [-0.4, -0.2) is 30.7 Å². The molecule has 7 nitrogen and oxygen atoms in total. The molecule has 1 spiro atoms. The number of hydrogen-bond acceptors (Lipinski definition) is 6. The summed E-state index contributed by atoms with van der Waals surface area (Å²) in [6.45, 7) is 0. The van der Waals surface area contributed by atoms with E-state index >= 15 is 0 Å². The van der Waals surface area contributed by atoms with Crippen LogP contribution in [-0.2, 0) is 10.3 Å². The molecule has 1 aromatic heterocycles. The molecule has 0 radical (unpaired) electrons. The van der Waals surface area contributed by atoms with Crippen LogP contribution in [0.15, 0.2) is 55.0 Å². The van der Waals surface area contributed by atoms with Crippen molar-refractivity contribution in [3.8, 4) is 22.9 Å². The van der Waals surface area contributed by atoms with Crippen molar-refractivity contribution >= 4 is 5.97 Å². The lowest BCUT2D eigenvalue weighted by atomic mass is 9.78. The fourth-order valence-electron chi connectivity index (χ4n) is 4.68. The second-order valence-electron chi connectivity index (χ2n) is 8.09. The first-order chi connectivity index (χ1) is 15.1. The van der Waals surface area contributed by atoms with Gasteiger partial charge in [-0.25, -0.2) is 19.2 Å². The van der Waals surface area contributed by atoms with Gasteiger partial charge in [-0.1, -0.05) is 0 Å². The van der Waals surface area contributed by atoms with Crippen LogP contribution >= 0.6 is 0 Å². The molecule has 0 N–H and O–H groups in total. The topological polar surface area (TPSA) is 82.8 Å². The van der Waals surface area contributed by atoms with Crippen LogP contribution < -0.4 is 0 Å². The summed E-state index contributed by atoms with van der Waals surface area (Å²) in [5.74, 6) is 0.537. The molecule has 1 saturated carbocycles. The van der Waals surface area contributed by atoms with E-state index in [9.17, 15) is 9.18 Å². The zero-order valence-corrected chi connectivity index (χ0v) is 16.5. The van der Waals surface area contributed by atoms with Gasteiger partial charge in [0.15, 0.2) is 11.6 Å². The average Bonchev–Trinajstić information content (AvgIpc) is 3.34. The van der Waals surface area contributed by atoms with Crippen molar-refractivity contribution in [3.05, 3.63) is 71.9 Å². The van der Waals surface area contributed by atoms with Crippen molar-refractivity contribution < 1.29 is 13.9 Å². The third-order valence-corrected chi connectivity index (χ3v) is 6.32. The van der Waals surface area contributed by atoms with Gasteiger partial charge < -0.3 is 4.74 Å². The number of hydrogen-bond donors (Lipinski definition) is 0. The molecule has 3 aliphatic heterocycles. The summed E-state index contributed by atoms with van der Waals surface area (Å²) in [5.41, 5.74) is 2.41. The molecule has 4 aliphatic rings. The van der Waals surface area contributed by atoms with E-state index in [1.54, 1.807) is 30.6 Å². The summed E-state index contributed by atoms with van der Waals surface area (Å²) in [6, 6.07) is 9.93. The van der Waals surface area contributed by atoms with E-state index in [0.717, 1.165) is 36.8 Å². The van der Waals surface area contributed by atoms with Crippen LogP contribution in [0.25, 0.3) is 22.9 Å². The number of imidazole rings is 1. The number of halogens is 1. The fraction of sp³-hybridized carbons (Fsp3) is 0.261. The highest BCUT2D eigenvalue weighted by Crippen LogP contribution is 2.48. The van der Waals surface area contributed by atoms with Gasteiger partial charge >= 0.3 is 5.97 Å². The molecule has 0 unspecified atom stereocenters. The molecule has 0 amide bonds. The second-order valence-corrected chi connectivity index (χ2v) is 8.09. The monoisotopic (exact) mass is 415 g/mol. The fourth-order valence-corrected chi connectivity index (χ4v) is 4.68. The van der Waals surface area contributed by atoms with Crippen molar-refractivity contribution in [2.24, 2.45) is 0 Å². The molecule has 4 heterocycles. The Balaban J connectivity index is 1.25. The van der Waals surface area contributed by atoms with Gasteiger partial charge in [0.2, 0.25) is 0 Å². The van der Waals surface area contributed by atoms with Crippen molar-refractivity contribution in [3.63, 3.8) is 0 Å². The maximum absolute atomic E-state index is 13.2. The first kappa shape index (κ1) is 18.1. The van der Waals surface area contributed by atoms with Crippen LogP contribution in [0.1, 0.15) is 47.6 Å². The number of fused-ring (bicyclic) bond motifs is 3. The lowest BCUT2D eigenvalue weighted by molar-refractivity contribution is -0.0356. The lowest BCUT2D eigenvalue weighted by Crippen LogP contribution is -2.33. The number of esters is 1. The van der Waals surface area contributed by atoms with Crippen LogP contribution in [0, 0.1) is 5.82 Å². The molecule has 154 valence electrons. The van der Waals surface area contributed by atoms with E-state index in [-0.39, 0.29) is 17.8 Å². The Morgan fingerprint density at radius 3 is 2.65 bits per heavy atom. The second kappa shape index (κ2) is 6.66. The van der Waals surface area contributed by atoms with E-state index in [1.165, 1.54) is 12.1 Å². The number of rotatable bonds is 2. The number of carbonyl (C=O) groups is 1. The first-order valence-electron chi connectivity index (χ1n) is 10.3. The van der Waals surface area contributed by atoms with Gasteiger partial charge in [-0.15, -0.1) is 0 Å². The lowest BCUT2D eigenvalue weighted by Gasteiger charge is -2.36. The Morgan fingerprint density at radius 2 is 1.84 bits per heavy atom. The van der Waals surface area contributed by atoms with E-state index in [1.807, 2.05) is 16.9 Å². The summed E-state index contributed by atoms with van der Waals surface area (Å²) < 4.78 is 20.9. The summed E-state index contributed by atoms with van der Waals surface area (Å²) in [7, 11) is 0. The largest absolute Gasteiger partial charge is 0.450 e. The molecule has 8 heteroatoms. The summed E-state index contributed by atoms with van der Waals surface area (Å²) in [6.07, 6.45) is 8.40. The van der Waals surface area contributed by atoms with Gasteiger partial charge in [0, 0.05) is 29.7 Å². The Labute approximate surface area is 177 Å². The molecule has 2 aromatic rings. The number of ether oxygens (including phenoxy) is 1. The van der Waals surface area contributed by atoms with Gasteiger partial charge in [0.1, 0.15) is 17.1 Å². The van der Waals surface area contributed by atoms with Crippen molar-refractivity contribution in [1.82, 2.24) is 24.7 Å². The average molecular weight is 415 g/mol. The quantitative estimate of drug-likeness (QED) is 0.457. The highest BCUT2D eigenvalue weighted by Gasteiger charge is 2.48. The molecular formula is C23H18FN5O2. The van der Waals surface area contributed by atoms with Crippen molar-refractivity contribution in [2.45, 2.75) is 37.3 Å². The number of carbonyl (C=O) groups excluding carboxylic acids is 1. The van der Waals surface area contributed by atoms with Crippen molar-refractivity contribution in [1.29, 1.82) is 0 Å². The van der Waals surface area contributed by atoms with Gasteiger partial charge in [-0.3, -0.25) is 9.67 Å². The predicted octanol–water partition coefficient (Wildman–Crippen LogP) is 4.16. The molecule has 6 rings (SSSR count). The van der Waals surface area contributed by atoms with Crippen LogP contribution in [0.2, 0.25) is 0 Å². The number of aromatic nitrogens is 5. The first-order valence-corrected chi connectivity index (χ1v) is 10.3. The minimum atomic E-state index is -0.572. The molecule has 1 aromatic carbocycles. The number of nitrogens with zero attached hydrogens (tertiary/aromatic N) is 5. The molecule has 0 saturated heterocycles. The van der Waals surface area contributed by atoms with E-state index < -0.39 is 5.60 Å². The minimum Gasteiger partial charge on any atom is -0.450 e. The molecular weight excluding hydrogens is 397 g/mol. The Hall–Kier alpha value is -3.68. The Kier molecular flexibility index (Phi) is 3.89. The van der Waals surface area contributed by atoms with E-state index in [2.05, 4.69) is 20.1 Å². The maximum atomic E-state index is 13.2. The molecule has 31 heavy (non-hydrogen) atoms. The zero-order valence-electron chi connectivity index (χ0n) is 16.5. The number of benzene rings is 1. The van der Waals surface area contributed by atoms with Crippen LogP contribution in [0.4, 0.5) is 4.39 Å². The van der Waals surface area contributed by atoms with Crippen molar-refractivity contribution in [2.75, 3.05) is 0 Å². The minimum absolute atomic E-state index is 0.181. The van der Waals surface area contributed by atoms with E-state index in [4.69, 9.17) is 4.74 Å². The third-order valence-electron chi connectivity index (χ3n) is 6.32. The molecule has 1 fully saturated rings. The molecule has 1 aliphatic carbocycles. The highest BCUT2D eigenvalue weighted by atomic mass is 19.1. The van der Waals surface area contributed by atoms with Gasteiger partial charge in [0.25, 0.3) is 0 Å². The molecule has 0 atom stereocenters. The summed E-state index contributed by atoms with van der Waals surface area (Å²) >= 11 is 0. The standard InChI is InChI=1S/C23H18FN5O2/c24-15-3-1-14(2-4-15)20-26-19-8-12-29(28-21(19)27-20)16-5-9-23(10-6-16)18-13-25-11-7-17(18)22(30)31-23/h1-4,7-8,11-13,16H,5-6,9-10H2. The Bertz CT molecular complexity index is 1260. The normalized spacial score (nSPS) is 22.6. The third kappa shape index (κ3) is 2.90. The summed E-state index contributed by atoms with van der Waals surface area (Å²) in [4.78, 5) is 25.5. The zero-order chi connectivity index (χ0) is 21.0.